The minimum absolute atomic E-state index is 0.00447. The Labute approximate surface area is 365 Å². The van der Waals surface area contributed by atoms with Gasteiger partial charge in [-0.05, 0) is 122 Å². The number of likely N-dealkylation sites (tertiary alicyclic amines) is 2. The van der Waals surface area contributed by atoms with E-state index in [0.29, 0.717) is 24.6 Å². The second-order valence-electron chi connectivity index (χ2n) is 17.1. The number of carbonyl (C=O) groups is 4. The zero-order chi connectivity index (χ0) is 42.9. The number of benzene rings is 4. The third-order valence-electron chi connectivity index (χ3n) is 12.7. The van der Waals surface area contributed by atoms with Gasteiger partial charge in [-0.15, -0.1) is 0 Å². The molecule has 4 atom stereocenters. The number of hydrogen-bond acceptors (Lipinski definition) is 7. The molecule has 0 bridgehead atoms. The smallest absolute Gasteiger partial charge is 0.250 e. The van der Waals surface area contributed by atoms with Crippen LogP contribution in [-0.4, -0.2) is 66.5 Å². The van der Waals surface area contributed by atoms with E-state index in [2.05, 4.69) is 20.6 Å². The van der Waals surface area contributed by atoms with Crippen molar-refractivity contribution in [2.45, 2.75) is 75.5 Å². The summed E-state index contributed by atoms with van der Waals surface area (Å²) < 4.78 is 6.22. The number of aromatic nitrogens is 4. The average Bonchev–Trinajstić information content (AvgIpc) is 4.08. The van der Waals surface area contributed by atoms with Crippen molar-refractivity contribution in [2.75, 3.05) is 13.1 Å². The number of nitrogens with one attached hydrogen (secondary N) is 4. The fourth-order valence-electron chi connectivity index (χ4n) is 8.89. The Kier molecular flexibility index (Phi) is 11.1. The van der Waals surface area contributed by atoms with Crippen LogP contribution >= 0.6 is 0 Å². The quantitative estimate of drug-likeness (QED) is 0.0860. The molecule has 2 aromatic heterocycles. The van der Waals surface area contributed by atoms with E-state index in [1.165, 1.54) is 0 Å². The van der Waals surface area contributed by atoms with Crippen molar-refractivity contribution in [2.24, 2.45) is 11.8 Å². The largest absolute Gasteiger partial charge is 0.457 e. The molecule has 4 fully saturated rings. The van der Waals surface area contributed by atoms with E-state index >= 15 is 0 Å². The molecule has 13 heteroatoms. The van der Waals surface area contributed by atoms with Crippen LogP contribution in [0.15, 0.2) is 122 Å². The maximum atomic E-state index is 14.1. The van der Waals surface area contributed by atoms with Crippen molar-refractivity contribution in [1.82, 2.24) is 40.4 Å². The lowest BCUT2D eigenvalue weighted by Gasteiger charge is -2.28. The molecule has 10 rings (SSSR count). The summed E-state index contributed by atoms with van der Waals surface area (Å²) in [4.78, 5) is 73.9. The van der Waals surface area contributed by atoms with Gasteiger partial charge in [-0.1, -0.05) is 60.7 Å². The first-order valence-corrected chi connectivity index (χ1v) is 22.2. The van der Waals surface area contributed by atoms with Gasteiger partial charge in [0.1, 0.15) is 35.2 Å². The first-order valence-electron chi connectivity index (χ1n) is 22.2. The van der Waals surface area contributed by atoms with Crippen LogP contribution in [0.1, 0.15) is 98.3 Å². The van der Waals surface area contributed by atoms with Gasteiger partial charge in [0, 0.05) is 24.9 Å². The molecule has 320 valence electrons. The number of hydrogen-bond donors (Lipinski definition) is 4. The molecule has 2 saturated carbocycles. The molecule has 2 aliphatic carbocycles. The molecule has 0 radical (unpaired) electrons. The van der Waals surface area contributed by atoms with E-state index in [0.717, 1.165) is 96.7 Å². The third kappa shape index (κ3) is 8.73. The summed E-state index contributed by atoms with van der Waals surface area (Å²) in [6.07, 6.45) is 10.3. The topological polar surface area (TPSA) is 165 Å². The molecule has 0 unspecified atom stereocenters. The summed E-state index contributed by atoms with van der Waals surface area (Å²) in [7, 11) is 0. The highest BCUT2D eigenvalue weighted by atomic mass is 16.5. The maximum Gasteiger partial charge on any atom is 0.250 e. The number of ether oxygens (including phenoxy) is 1. The number of aromatic amines is 2. The highest BCUT2D eigenvalue weighted by Gasteiger charge is 2.41. The standard InChI is InChI=1S/C50H50N8O5/c59-47(35-15-16-35)55-43(33-9-3-1-4-10-33)49(61)57-27-7-13-41(57)45-51-29-39(53-45)31-19-23-37(24-20-31)63-38-25-21-32(22-26-38)40-30-52-46(54-40)42-14-8-28-58(42)50(62)44(34-11-5-2-6-12-34)56-48(60)36-17-18-36/h1-6,9-12,19-26,29-30,35-36,41-44H,7-8,13-18,27-28H2,(H,51,53)(H,52,54)(H,55,59)(H,56,60)/t41-,42-,43+,44+/m0/s1. The van der Waals surface area contributed by atoms with Crippen molar-refractivity contribution in [3.05, 3.63) is 144 Å². The second kappa shape index (κ2) is 17.4. The van der Waals surface area contributed by atoms with Gasteiger partial charge in [-0.3, -0.25) is 19.2 Å². The molecule has 0 spiro atoms. The fourth-order valence-corrected chi connectivity index (χ4v) is 8.89. The van der Waals surface area contributed by atoms with Crippen molar-refractivity contribution < 1.29 is 23.9 Å². The molecule has 63 heavy (non-hydrogen) atoms. The van der Waals surface area contributed by atoms with Crippen LogP contribution in [0.3, 0.4) is 0 Å². The Balaban J connectivity index is 0.771. The van der Waals surface area contributed by atoms with Crippen LogP contribution in [0.4, 0.5) is 0 Å². The summed E-state index contributed by atoms with van der Waals surface area (Å²) in [5.41, 5.74) is 5.09. The van der Waals surface area contributed by atoms with E-state index in [-0.39, 0.29) is 47.5 Å². The van der Waals surface area contributed by atoms with Crippen LogP contribution in [0.5, 0.6) is 11.5 Å². The molecule has 2 aliphatic heterocycles. The SMILES string of the molecule is O=C(N[C@@H](C(=O)N1CCC[C@H]1c1ncc(-c2ccc(Oc3ccc(-c4cnc([C@@H]5CCCN5C(=O)[C@H](NC(=O)C5CC5)c5ccccc5)[nH]4)cc3)cc2)[nH]1)c1ccccc1)C1CC1. The van der Waals surface area contributed by atoms with E-state index in [4.69, 9.17) is 14.7 Å². The van der Waals surface area contributed by atoms with Crippen molar-refractivity contribution >= 4 is 23.6 Å². The first-order chi connectivity index (χ1) is 30.9. The van der Waals surface area contributed by atoms with Crippen molar-refractivity contribution in [3.8, 4) is 34.0 Å². The van der Waals surface area contributed by atoms with Gasteiger partial charge in [-0.2, -0.15) is 0 Å². The Hall–Kier alpha value is -7.02. The molecule has 4 aromatic carbocycles. The number of carbonyl (C=O) groups excluding carboxylic acids is 4. The average molecular weight is 843 g/mol. The van der Waals surface area contributed by atoms with E-state index < -0.39 is 12.1 Å². The van der Waals surface area contributed by atoms with Crippen LogP contribution in [0.25, 0.3) is 22.5 Å². The van der Waals surface area contributed by atoms with Gasteiger partial charge in [0.2, 0.25) is 23.6 Å². The molecular weight excluding hydrogens is 793 g/mol. The van der Waals surface area contributed by atoms with E-state index in [9.17, 15) is 19.2 Å². The summed E-state index contributed by atoms with van der Waals surface area (Å²) >= 11 is 0. The van der Waals surface area contributed by atoms with Crippen molar-refractivity contribution in [3.63, 3.8) is 0 Å². The lowest BCUT2D eigenvalue weighted by atomic mass is 10.0. The van der Waals surface area contributed by atoms with Gasteiger partial charge in [0.05, 0.1) is 35.9 Å². The van der Waals surface area contributed by atoms with E-state index in [1.54, 1.807) is 12.4 Å². The summed E-state index contributed by atoms with van der Waals surface area (Å²) in [5, 5.41) is 6.08. The summed E-state index contributed by atoms with van der Waals surface area (Å²) in [6.45, 7) is 1.19. The van der Waals surface area contributed by atoms with Gasteiger partial charge in [0.15, 0.2) is 0 Å². The van der Waals surface area contributed by atoms with E-state index in [1.807, 2.05) is 119 Å². The first kappa shape index (κ1) is 40.1. The molecule has 6 aromatic rings. The summed E-state index contributed by atoms with van der Waals surface area (Å²) in [5.74, 6) is 2.44. The third-order valence-corrected chi connectivity index (χ3v) is 12.7. The minimum atomic E-state index is -0.740. The molecule has 13 nitrogen and oxygen atoms in total. The summed E-state index contributed by atoms with van der Waals surface area (Å²) in [6, 6.07) is 32.6. The molecule has 4 amide bonds. The van der Waals surface area contributed by atoms with Crippen molar-refractivity contribution in [1.29, 1.82) is 0 Å². The maximum absolute atomic E-state index is 14.1. The van der Waals surface area contributed by atoms with Gasteiger partial charge in [-0.25, -0.2) is 9.97 Å². The van der Waals surface area contributed by atoms with Gasteiger partial charge in [0.25, 0.3) is 0 Å². The Bertz CT molecular complexity index is 2410. The highest BCUT2D eigenvalue weighted by Crippen LogP contribution is 2.38. The lowest BCUT2D eigenvalue weighted by molar-refractivity contribution is -0.138. The molecule has 4 N–H and O–H groups in total. The predicted octanol–water partition coefficient (Wildman–Crippen LogP) is 8.12. The predicted molar refractivity (Wildman–Crippen MR) is 236 cm³/mol. The molecule has 4 heterocycles. The zero-order valence-electron chi connectivity index (χ0n) is 34.9. The van der Waals surface area contributed by atoms with Gasteiger partial charge < -0.3 is 35.1 Å². The Morgan fingerprint density at radius 3 is 1.32 bits per heavy atom. The van der Waals surface area contributed by atoms with Crippen LogP contribution in [0.2, 0.25) is 0 Å². The van der Waals surface area contributed by atoms with Crippen LogP contribution < -0.4 is 15.4 Å². The monoisotopic (exact) mass is 842 g/mol. The molecular formula is C50H50N8O5. The number of rotatable bonds is 14. The Morgan fingerprint density at radius 1 is 0.540 bits per heavy atom. The second-order valence-corrected chi connectivity index (χ2v) is 17.1. The van der Waals surface area contributed by atoms with Crippen LogP contribution in [0, 0.1) is 11.8 Å². The Morgan fingerprint density at radius 2 is 0.937 bits per heavy atom. The highest BCUT2D eigenvalue weighted by molar-refractivity contribution is 5.91. The van der Waals surface area contributed by atoms with Crippen LogP contribution in [-0.2, 0) is 19.2 Å². The number of imidazole rings is 2. The van der Waals surface area contributed by atoms with Gasteiger partial charge >= 0.3 is 0 Å². The number of nitrogens with zero attached hydrogens (tertiary/aromatic N) is 4. The normalized spacial score (nSPS) is 19.4. The zero-order valence-corrected chi connectivity index (χ0v) is 34.9. The number of H-pyrrole nitrogens is 2. The molecule has 2 saturated heterocycles. The minimum Gasteiger partial charge on any atom is -0.457 e. The lowest BCUT2D eigenvalue weighted by Crippen LogP contribution is -2.43. The number of amides is 4. The molecule has 4 aliphatic rings. The fraction of sp³-hybridized carbons (Fsp3) is 0.320.